The number of nitrogens with zero attached hydrogens (tertiary/aromatic N) is 2. The van der Waals surface area contributed by atoms with Gasteiger partial charge in [-0.25, -0.2) is 0 Å². The van der Waals surface area contributed by atoms with Crippen molar-refractivity contribution >= 4 is 5.91 Å². The van der Waals surface area contributed by atoms with Crippen LogP contribution in [-0.4, -0.2) is 35.5 Å². The lowest BCUT2D eigenvalue weighted by Gasteiger charge is -2.28. The Balaban J connectivity index is 2.03. The van der Waals surface area contributed by atoms with Gasteiger partial charge in [0.25, 0.3) is 0 Å². The highest BCUT2D eigenvalue weighted by Gasteiger charge is 2.25. The topological polar surface area (TPSA) is 42.4 Å². The number of pyridine rings is 1. The first-order valence-corrected chi connectivity index (χ1v) is 7.68. The quantitative estimate of drug-likeness (QED) is 0.837. The second-order valence-corrected chi connectivity index (χ2v) is 7.10. The number of aromatic nitrogens is 1. The summed E-state index contributed by atoms with van der Waals surface area (Å²) in [5.41, 5.74) is 1.09. The molecule has 2 heterocycles. The van der Waals surface area contributed by atoms with Crippen LogP contribution in [-0.2, 0) is 16.1 Å². The van der Waals surface area contributed by atoms with Crippen LogP contribution in [0.5, 0.6) is 0 Å². The fourth-order valence-electron chi connectivity index (χ4n) is 2.57. The van der Waals surface area contributed by atoms with E-state index in [0.717, 1.165) is 31.7 Å². The Bertz CT molecular complexity index is 448. The molecular weight excluding hydrogens is 264 g/mol. The maximum absolute atomic E-state index is 12.6. The third kappa shape index (κ3) is 5.46. The molecule has 1 fully saturated rings. The molecule has 0 spiro atoms. The Morgan fingerprint density at radius 2 is 2.29 bits per heavy atom. The van der Waals surface area contributed by atoms with Gasteiger partial charge in [0.1, 0.15) is 0 Å². The fraction of sp³-hybridized carbons (Fsp3) is 0.647. The van der Waals surface area contributed by atoms with Crippen LogP contribution >= 0.6 is 0 Å². The van der Waals surface area contributed by atoms with E-state index < -0.39 is 0 Å². The minimum absolute atomic E-state index is 0.0104. The average molecular weight is 290 g/mol. The maximum Gasteiger partial charge on any atom is 0.223 e. The summed E-state index contributed by atoms with van der Waals surface area (Å²) in [6.45, 7) is 9.32. The third-order valence-corrected chi connectivity index (χ3v) is 3.63. The van der Waals surface area contributed by atoms with Crippen LogP contribution in [0, 0.1) is 11.3 Å². The van der Waals surface area contributed by atoms with Crippen molar-refractivity contribution in [2.45, 2.75) is 40.2 Å². The Hall–Kier alpha value is -1.42. The van der Waals surface area contributed by atoms with Crippen molar-refractivity contribution < 1.29 is 9.53 Å². The van der Waals surface area contributed by atoms with Gasteiger partial charge in [0, 0.05) is 44.4 Å². The summed E-state index contributed by atoms with van der Waals surface area (Å²) in [6.07, 6.45) is 5.21. The van der Waals surface area contributed by atoms with Gasteiger partial charge in [0.15, 0.2) is 0 Å². The SMILES string of the molecule is CC(C)(C)CC(=O)N(Cc1cccnc1)CC1CCOC1. The second-order valence-electron chi connectivity index (χ2n) is 7.10. The van der Waals surface area contributed by atoms with Crippen LogP contribution in [0.25, 0.3) is 0 Å². The minimum atomic E-state index is 0.0104. The lowest BCUT2D eigenvalue weighted by atomic mass is 9.91. The highest BCUT2D eigenvalue weighted by molar-refractivity contribution is 5.76. The molecule has 116 valence electrons. The normalized spacial score (nSPS) is 18.7. The van der Waals surface area contributed by atoms with Crippen molar-refractivity contribution in [3.05, 3.63) is 30.1 Å². The van der Waals surface area contributed by atoms with Gasteiger partial charge < -0.3 is 9.64 Å². The number of amides is 1. The smallest absolute Gasteiger partial charge is 0.223 e. The zero-order valence-corrected chi connectivity index (χ0v) is 13.3. The molecule has 0 radical (unpaired) electrons. The van der Waals surface area contributed by atoms with E-state index in [1.54, 1.807) is 6.20 Å². The largest absolute Gasteiger partial charge is 0.381 e. The third-order valence-electron chi connectivity index (χ3n) is 3.63. The number of ether oxygens (including phenoxy) is 1. The molecule has 1 aliphatic heterocycles. The lowest BCUT2D eigenvalue weighted by Crippen LogP contribution is -2.37. The van der Waals surface area contributed by atoms with Gasteiger partial charge in [-0.1, -0.05) is 26.8 Å². The van der Waals surface area contributed by atoms with Gasteiger partial charge in [0.05, 0.1) is 6.61 Å². The summed E-state index contributed by atoms with van der Waals surface area (Å²) in [4.78, 5) is 18.7. The standard InChI is InChI=1S/C17H26N2O2/c1-17(2,3)9-16(20)19(12-15-6-8-21-13-15)11-14-5-4-7-18-10-14/h4-5,7,10,15H,6,8-9,11-13H2,1-3H3. The molecule has 0 N–H and O–H groups in total. The Morgan fingerprint density at radius 3 is 2.86 bits per heavy atom. The van der Waals surface area contributed by atoms with Crippen LogP contribution in [0.15, 0.2) is 24.5 Å². The molecule has 0 aliphatic carbocycles. The van der Waals surface area contributed by atoms with Crippen LogP contribution in [0.1, 0.15) is 39.2 Å². The summed E-state index contributed by atoms with van der Waals surface area (Å²) < 4.78 is 5.44. The van der Waals surface area contributed by atoms with Crippen molar-refractivity contribution in [2.24, 2.45) is 11.3 Å². The van der Waals surface area contributed by atoms with Gasteiger partial charge >= 0.3 is 0 Å². The Morgan fingerprint density at radius 1 is 1.48 bits per heavy atom. The molecule has 1 unspecified atom stereocenters. The van der Waals surface area contributed by atoms with Gasteiger partial charge in [-0.05, 0) is 23.5 Å². The molecule has 21 heavy (non-hydrogen) atoms. The minimum Gasteiger partial charge on any atom is -0.381 e. The highest BCUT2D eigenvalue weighted by Crippen LogP contribution is 2.22. The van der Waals surface area contributed by atoms with Gasteiger partial charge in [-0.2, -0.15) is 0 Å². The number of carbonyl (C=O) groups is 1. The summed E-state index contributed by atoms with van der Waals surface area (Å²) in [5.74, 6) is 0.684. The molecule has 4 nitrogen and oxygen atoms in total. The molecule has 1 atom stereocenters. The summed E-state index contributed by atoms with van der Waals surface area (Å²) in [7, 11) is 0. The predicted octanol–water partition coefficient (Wildman–Crippen LogP) is 2.88. The van der Waals surface area contributed by atoms with Crippen LogP contribution in [0.2, 0.25) is 0 Å². The van der Waals surface area contributed by atoms with E-state index in [4.69, 9.17) is 4.74 Å². The van der Waals surface area contributed by atoms with Crippen LogP contribution in [0.4, 0.5) is 0 Å². The number of rotatable bonds is 5. The molecule has 0 aromatic carbocycles. The molecule has 1 amide bonds. The number of carbonyl (C=O) groups excluding carboxylic acids is 1. The summed E-state index contributed by atoms with van der Waals surface area (Å²) in [6, 6.07) is 3.94. The lowest BCUT2D eigenvalue weighted by molar-refractivity contribution is -0.134. The molecule has 2 rings (SSSR count). The van der Waals surface area contributed by atoms with E-state index in [0.29, 0.717) is 18.9 Å². The van der Waals surface area contributed by atoms with Gasteiger partial charge in [0.2, 0.25) is 5.91 Å². The second kappa shape index (κ2) is 7.03. The molecule has 1 aliphatic rings. The van der Waals surface area contributed by atoms with Gasteiger partial charge in [-0.3, -0.25) is 9.78 Å². The van der Waals surface area contributed by atoms with E-state index in [-0.39, 0.29) is 11.3 Å². The zero-order valence-electron chi connectivity index (χ0n) is 13.3. The molecule has 0 saturated carbocycles. The van der Waals surface area contributed by atoms with Gasteiger partial charge in [-0.15, -0.1) is 0 Å². The van der Waals surface area contributed by atoms with E-state index in [9.17, 15) is 4.79 Å². The first-order valence-electron chi connectivity index (χ1n) is 7.68. The van der Waals surface area contributed by atoms with E-state index >= 15 is 0 Å². The van der Waals surface area contributed by atoms with E-state index in [2.05, 4.69) is 25.8 Å². The average Bonchev–Trinajstić information content (AvgIpc) is 2.90. The molecule has 1 aromatic heterocycles. The Kier molecular flexibility index (Phi) is 5.34. The predicted molar refractivity (Wildman–Crippen MR) is 82.7 cm³/mol. The fourth-order valence-corrected chi connectivity index (χ4v) is 2.57. The van der Waals surface area contributed by atoms with Crippen molar-refractivity contribution in [1.82, 2.24) is 9.88 Å². The molecule has 4 heteroatoms. The summed E-state index contributed by atoms with van der Waals surface area (Å²) in [5, 5.41) is 0. The maximum atomic E-state index is 12.6. The first-order chi connectivity index (χ1) is 9.94. The monoisotopic (exact) mass is 290 g/mol. The van der Waals surface area contributed by atoms with Crippen molar-refractivity contribution in [1.29, 1.82) is 0 Å². The first kappa shape index (κ1) is 16.0. The number of hydrogen-bond acceptors (Lipinski definition) is 3. The Labute approximate surface area is 127 Å². The summed E-state index contributed by atoms with van der Waals surface area (Å²) >= 11 is 0. The van der Waals surface area contributed by atoms with Crippen molar-refractivity contribution in [2.75, 3.05) is 19.8 Å². The van der Waals surface area contributed by atoms with E-state index in [1.807, 2.05) is 23.2 Å². The van der Waals surface area contributed by atoms with Crippen molar-refractivity contribution in [3.8, 4) is 0 Å². The number of hydrogen-bond donors (Lipinski definition) is 0. The molecule has 1 aromatic rings. The molecule has 0 bridgehead atoms. The molecular formula is C17H26N2O2. The van der Waals surface area contributed by atoms with E-state index in [1.165, 1.54) is 0 Å². The highest BCUT2D eigenvalue weighted by atomic mass is 16.5. The van der Waals surface area contributed by atoms with Crippen LogP contribution < -0.4 is 0 Å². The molecule has 1 saturated heterocycles. The van der Waals surface area contributed by atoms with Crippen molar-refractivity contribution in [3.63, 3.8) is 0 Å². The zero-order chi connectivity index (χ0) is 15.3. The van der Waals surface area contributed by atoms with Crippen LogP contribution in [0.3, 0.4) is 0 Å².